The number of nitrogens with one attached hydrogen (secondary N) is 3. The highest BCUT2D eigenvalue weighted by Gasteiger charge is 2.34. The number of H-pyrrole nitrogens is 1. The molecule has 1 fully saturated rings. The number of rotatable bonds is 3. The first-order valence-corrected chi connectivity index (χ1v) is 8.89. The Hall–Kier alpha value is -2.63. The van der Waals surface area contributed by atoms with Gasteiger partial charge in [-0.2, -0.15) is 0 Å². The number of aromatic nitrogens is 1. The highest BCUT2D eigenvalue weighted by Crippen LogP contribution is 2.32. The molecule has 0 saturated carbocycles. The Balaban J connectivity index is 1.61. The molecule has 0 spiro atoms. The summed E-state index contributed by atoms with van der Waals surface area (Å²) in [5.74, 6) is -0.128. The number of pyridine rings is 1. The molecule has 132 valence electrons. The molecule has 2 atom stereocenters. The summed E-state index contributed by atoms with van der Waals surface area (Å²) in [6.07, 6.45) is 1.55. The minimum absolute atomic E-state index is 0.0741. The number of anilines is 1. The fourth-order valence-electron chi connectivity index (χ4n) is 3.56. The Morgan fingerprint density at radius 2 is 1.85 bits per heavy atom. The maximum Gasteiger partial charge on any atom is 0.255 e. The van der Waals surface area contributed by atoms with Gasteiger partial charge >= 0.3 is 0 Å². The van der Waals surface area contributed by atoms with Crippen LogP contribution >= 0.6 is 11.6 Å². The summed E-state index contributed by atoms with van der Waals surface area (Å²) in [5, 5.41) is 7.74. The molecular weight excluding hydrogens is 350 g/mol. The van der Waals surface area contributed by atoms with Crippen LogP contribution in [0.3, 0.4) is 0 Å². The molecule has 5 nitrogen and oxygen atoms in total. The molecule has 0 radical (unpaired) electrons. The smallest absolute Gasteiger partial charge is 0.255 e. The number of hydrogen-bond donors (Lipinski definition) is 3. The van der Waals surface area contributed by atoms with Crippen LogP contribution in [0, 0.1) is 5.92 Å². The number of carbonyl (C=O) groups is 1. The second-order valence-electron chi connectivity index (χ2n) is 6.47. The van der Waals surface area contributed by atoms with E-state index in [1.54, 1.807) is 24.4 Å². The molecule has 1 saturated heterocycles. The van der Waals surface area contributed by atoms with Gasteiger partial charge in [-0.15, -0.1) is 0 Å². The highest BCUT2D eigenvalue weighted by atomic mass is 35.5. The number of benzene rings is 2. The molecule has 2 heterocycles. The third-order valence-electron chi connectivity index (χ3n) is 4.93. The van der Waals surface area contributed by atoms with Gasteiger partial charge in [0.25, 0.3) is 5.56 Å². The third-order valence-corrected chi connectivity index (χ3v) is 5.33. The van der Waals surface area contributed by atoms with E-state index in [2.05, 4.69) is 15.6 Å². The fourth-order valence-corrected chi connectivity index (χ4v) is 3.83. The van der Waals surface area contributed by atoms with Crippen molar-refractivity contribution in [3.05, 3.63) is 75.7 Å². The van der Waals surface area contributed by atoms with Crippen molar-refractivity contribution in [3.8, 4) is 0 Å². The van der Waals surface area contributed by atoms with Gasteiger partial charge in [0.1, 0.15) is 0 Å². The van der Waals surface area contributed by atoms with E-state index in [9.17, 15) is 9.59 Å². The van der Waals surface area contributed by atoms with Crippen molar-refractivity contribution in [2.45, 2.75) is 5.92 Å². The van der Waals surface area contributed by atoms with E-state index in [0.29, 0.717) is 28.0 Å². The lowest BCUT2D eigenvalue weighted by molar-refractivity contribution is -0.119. The summed E-state index contributed by atoms with van der Waals surface area (Å²) in [7, 11) is 0. The SMILES string of the molecule is O=C(Nc1ccc2c(=O)[nH]ccc2c1Cl)[C@@H]1CNC[C@H]1c1ccccc1. The predicted molar refractivity (Wildman–Crippen MR) is 104 cm³/mol. The molecule has 6 heteroatoms. The Kier molecular flexibility index (Phi) is 4.49. The van der Waals surface area contributed by atoms with Gasteiger partial charge in [0.05, 0.1) is 16.6 Å². The molecular formula is C20H18ClN3O2. The normalized spacial score (nSPS) is 19.6. The standard InChI is InChI=1S/C20H18ClN3O2/c21-18-13-8-9-23-19(25)14(13)6-7-17(18)24-20(26)16-11-22-10-15(16)12-4-2-1-3-5-12/h1-9,15-16,22H,10-11H2,(H,23,25)(H,24,26)/t15-,16+/m0/s1. The van der Waals surface area contributed by atoms with Crippen molar-refractivity contribution in [1.82, 2.24) is 10.3 Å². The minimum atomic E-state index is -0.202. The third kappa shape index (κ3) is 3.00. The van der Waals surface area contributed by atoms with E-state index in [-0.39, 0.29) is 23.3 Å². The zero-order valence-electron chi connectivity index (χ0n) is 14.0. The van der Waals surface area contributed by atoms with Crippen LogP contribution in [0.5, 0.6) is 0 Å². The van der Waals surface area contributed by atoms with Crippen molar-refractivity contribution >= 4 is 34.0 Å². The van der Waals surface area contributed by atoms with E-state index >= 15 is 0 Å². The van der Waals surface area contributed by atoms with Crippen LogP contribution in [-0.4, -0.2) is 24.0 Å². The first-order chi connectivity index (χ1) is 12.6. The molecule has 26 heavy (non-hydrogen) atoms. The lowest BCUT2D eigenvalue weighted by atomic mass is 9.88. The summed E-state index contributed by atoms with van der Waals surface area (Å²) >= 11 is 6.43. The molecule has 1 aromatic heterocycles. The van der Waals surface area contributed by atoms with Crippen LogP contribution in [0.1, 0.15) is 11.5 Å². The molecule has 2 aromatic carbocycles. The van der Waals surface area contributed by atoms with Crippen molar-refractivity contribution < 1.29 is 4.79 Å². The summed E-state index contributed by atoms with van der Waals surface area (Å²) in [6.45, 7) is 1.39. The summed E-state index contributed by atoms with van der Waals surface area (Å²) < 4.78 is 0. The van der Waals surface area contributed by atoms with Gasteiger partial charge in [0, 0.05) is 36.0 Å². The topological polar surface area (TPSA) is 74.0 Å². The lowest BCUT2D eigenvalue weighted by Gasteiger charge is -2.19. The molecule has 0 bridgehead atoms. The molecule has 3 aromatic rings. The molecule has 0 aliphatic carbocycles. The molecule has 1 aliphatic rings. The first-order valence-electron chi connectivity index (χ1n) is 8.51. The summed E-state index contributed by atoms with van der Waals surface area (Å²) in [4.78, 5) is 27.4. The van der Waals surface area contributed by atoms with Crippen LogP contribution < -0.4 is 16.2 Å². The van der Waals surface area contributed by atoms with Crippen LogP contribution in [0.2, 0.25) is 5.02 Å². The fraction of sp³-hybridized carbons (Fsp3) is 0.200. The van der Waals surface area contributed by atoms with Gasteiger partial charge in [0.15, 0.2) is 0 Å². The number of hydrogen-bond acceptors (Lipinski definition) is 3. The van der Waals surface area contributed by atoms with E-state index in [0.717, 1.165) is 12.1 Å². The Morgan fingerprint density at radius 3 is 2.65 bits per heavy atom. The van der Waals surface area contributed by atoms with Crippen molar-refractivity contribution in [2.75, 3.05) is 18.4 Å². The Bertz CT molecular complexity index is 1020. The number of carbonyl (C=O) groups excluding carboxylic acids is 1. The lowest BCUT2D eigenvalue weighted by Crippen LogP contribution is -2.28. The van der Waals surface area contributed by atoms with Gasteiger partial charge in [-0.05, 0) is 23.8 Å². The van der Waals surface area contributed by atoms with E-state index in [1.165, 1.54) is 0 Å². The molecule has 1 amide bonds. The van der Waals surface area contributed by atoms with Crippen molar-refractivity contribution in [2.24, 2.45) is 5.92 Å². The van der Waals surface area contributed by atoms with Crippen molar-refractivity contribution in [1.29, 1.82) is 0 Å². The maximum absolute atomic E-state index is 12.9. The van der Waals surface area contributed by atoms with Gasteiger partial charge in [-0.25, -0.2) is 0 Å². The van der Waals surface area contributed by atoms with E-state index < -0.39 is 0 Å². The average molecular weight is 368 g/mol. The zero-order valence-corrected chi connectivity index (χ0v) is 14.7. The summed E-state index contributed by atoms with van der Waals surface area (Å²) in [6, 6.07) is 15.1. The van der Waals surface area contributed by atoms with Gasteiger partial charge in [0.2, 0.25) is 5.91 Å². The van der Waals surface area contributed by atoms with Crippen LogP contribution in [0.4, 0.5) is 5.69 Å². The number of amides is 1. The van der Waals surface area contributed by atoms with E-state index in [4.69, 9.17) is 11.6 Å². The van der Waals surface area contributed by atoms with Crippen LogP contribution in [0.25, 0.3) is 10.8 Å². The second-order valence-corrected chi connectivity index (χ2v) is 6.84. The molecule has 1 aliphatic heterocycles. The first kappa shape index (κ1) is 16.8. The summed E-state index contributed by atoms with van der Waals surface area (Å²) in [5.41, 5.74) is 1.47. The largest absolute Gasteiger partial charge is 0.329 e. The van der Waals surface area contributed by atoms with E-state index in [1.807, 2.05) is 30.3 Å². The van der Waals surface area contributed by atoms with Crippen LogP contribution in [0.15, 0.2) is 59.5 Å². The average Bonchev–Trinajstić information content (AvgIpc) is 3.15. The number of fused-ring (bicyclic) bond motifs is 1. The predicted octanol–water partition coefficient (Wildman–Crippen LogP) is 3.12. The molecule has 0 unspecified atom stereocenters. The second kappa shape index (κ2) is 6.94. The maximum atomic E-state index is 12.9. The zero-order chi connectivity index (χ0) is 18.1. The Labute approximate surface area is 155 Å². The van der Waals surface area contributed by atoms with Crippen molar-refractivity contribution in [3.63, 3.8) is 0 Å². The minimum Gasteiger partial charge on any atom is -0.329 e. The molecule has 4 rings (SSSR count). The van der Waals surface area contributed by atoms with Crippen LogP contribution in [-0.2, 0) is 4.79 Å². The molecule has 3 N–H and O–H groups in total. The van der Waals surface area contributed by atoms with Gasteiger partial charge < -0.3 is 15.6 Å². The highest BCUT2D eigenvalue weighted by molar-refractivity contribution is 6.38. The quantitative estimate of drug-likeness (QED) is 0.666. The monoisotopic (exact) mass is 367 g/mol. The van der Waals surface area contributed by atoms with Gasteiger partial charge in [-0.1, -0.05) is 41.9 Å². The number of halogens is 1. The van der Waals surface area contributed by atoms with Gasteiger partial charge in [-0.3, -0.25) is 9.59 Å². The Morgan fingerprint density at radius 1 is 1.04 bits per heavy atom. The number of aromatic amines is 1.